The van der Waals surface area contributed by atoms with Crippen LogP contribution in [0.5, 0.6) is 0 Å². The van der Waals surface area contributed by atoms with Crippen LogP contribution in [0.4, 0.5) is 0 Å². The highest BCUT2D eigenvalue weighted by Gasteiger charge is 2.33. The molecule has 0 aromatic heterocycles. The summed E-state index contributed by atoms with van der Waals surface area (Å²) in [6.45, 7) is 0. The number of hydrogen-bond acceptors (Lipinski definition) is 2. The minimum Gasteiger partial charge on any atom is -0.481 e. The van der Waals surface area contributed by atoms with Crippen molar-refractivity contribution >= 4 is 35.0 Å². The Kier molecular flexibility index (Phi) is 2.91. The summed E-state index contributed by atoms with van der Waals surface area (Å²) in [7, 11) is 0. The highest BCUT2D eigenvalue weighted by molar-refractivity contribution is 6.36. The molecule has 0 heterocycles. The first-order chi connectivity index (χ1) is 7.49. The van der Waals surface area contributed by atoms with E-state index in [1.54, 1.807) is 12.1 Å². The third-order valence-electron chi connectivity index (χ3n) is 2.67. The summed E-state index contributed by atoms with van der Waals surface area (Å²) in [5.74, 6) is -1.67. The van der Waals surface area contributed by atoms with Gasteiger partial charge in [0, 0.05) is 21.5 Å². The second kappa shape index (κ2) is 4.07. The number of halogens is 2. The Labute approximate surface area is 102 Å². The zero-order valence-corrected chi connectivity index (χ0v) is 9.68. The van der Waals surface area contributed by atoms with E-state index in [-0.39, 0.29) is 12.2 Å². The molecule has 0 fully saturated rings. The Morgan fingerprint density at radius 2 is 2.12 bits per heavy atom. The van der Waals surface area contributed by atoms with Crippen molar-refractivity contribution in [2.75, 3.05) is 0 Å². The summed E-state index contributed by atoms with van der Waals surface area (Å²) in [4.78, 5) is 22.4. The molecule has 2 rings (SSSR count). The van der Waals surface area contributed by atoms with Crippen LogP contribution in [0.2, 0.25) is 10.0 Å². The number of carboxylic acid groups (broad SMARTS) is 1. The van der Waals surface area contributed by atoms with Gasteiger partial charge in [-0.15, -0.1) is 0 Å². The first kappa shape index (κ1) is 11.4. The summed E-state index contributed by atoms with van der Waals surface area (Å²) in [6, 6.07) is 3.12. The van der Waals surface area contributed by atoms with Gasteiger partial charge in [-0.25, -0.2) is 0 Å². The zero-order chi connectivity index (χ0) is 11.9. The van der Waals surface area contributed by atoms with Gasteiger partial charge in [0.15, 0.2) is 5.78 Å². The van der Waals surface area contributed by atoms with Crippen LogP contribution < -0.4 is 0 Å². The normalized spacial score (nSPS) is 18.6. The molecule has 1 aromatic rings. The van der Waals surface area contributed by atoms with Crippen molar-refractivity contribution in [2.45, 2.75) is 12.8 Å². The van der Waals surface area contributed by atoms with E-state index in [1.165, 1.54) is 0 Å². The van der Waals surface area contributed by atoms with Gasteiger partial charge in [0.1, 0.15) is 0 Å². The van der Waals surface area contributed by atoms with Crippen LogP contribution in [0.3, 0.4) is 0 Å². The third kappa shape index (κ3) is 1.93. The van der Waals surface area contributed by atoms with Crippen LogP contribution in [-0.4, -0.2) is 16.9 Å². The molecule has 1 unspecified atom stereocenters. The fraction of sp³-hybridized carbons (Fsp3) is 0.273. The van der Waals surface area contributed by atoms with Crippen LogP contribution in [0, 0.1) is 5.92 Å². The van der Waals surface area contributed by atoms with Gasteiger partial charge in [-0.1, -0.05) is 23.2 Å². The Bertz CT molecular complexity index is 482. The second-order valence-corrected chi connectivity index (χ2v) is 4.62. The molecule has 1 atom stereocenters. The van der Waals surface area contributed by atoms with E-state index in [0.29, 0.717) is 27.6 Å². The molecule has 0 spiro atoms. The van der Waals surface area contributed by atoms with Crippen LogP contribution >= 0.6 is 23.2 Å². The van der Waals surface area contributed by atoms with Gasteiger partial charge in [-0.05, 0) is 24.1 Å². The molecule has 1 aliphatic rings. The molecule has 0 saturated carbocycles. The number of hydrogen-bond donors (Lipinski definition) is 1. The quantitative estimate of drug-likeness (QED) is 0.888. The summed E-state index contributed by atoms with van der Waals surface area (Å²) < 4.78 is 0. The van der Waals surface area contributed by atoms with Gasteiger partial charge < -0.3 is 5.11 Å². The maximum absolute atomic E-state index is 11.9. The Morgan fingerprint density at radius 3 is 2.75 bits per heavy atom. The topological polar surface area (TPSA) is 54.4 Å². The third-order valence-corrected chi connectivity index (χ3v) is 3.22. The van der Waals surface area contributed by atoms with Crippen molar-refractivity contribution in [1.29, 1.82) is 0 Å². The molecular weight excluding hydrogens is 251 g/mol. The lowest BCUT2D eigenvalue weighted by atomic mass is 10.0. The van der Waals surface area contributed by atoms with Gasteiger partial charge in [0.25, 0.3) is 0 Å². The Balaban J connectivity index is 2.38. The van der Waals surface area contributed by atoms with E-state index < -0.39 is 11.9 Å². The SMILES string of the molecule is O=C(O)CC1Cc2c(Cl)cc(Cl)cc2C1=O. The van der Waals surface area contributed by atoms with E-state index in [1.807, 2.05) is 0 Å². The number of Topliss-reactive ketones (excluding diaryl/α,β-unsaturated/α-hetero) is 1. The average Bonchev–Trinajstić information content (AvgIpc) is 2.45. The highest BCUT2D eigenvalue weighted by Crippen LogP contribution is 2.35. The average molecular weight is 259 g/mol. The van der Waals surface area contributed by atoms with Crippen LogP contribution in [0.1, 0.15) is 22.3 Å². The summed E-state index contributed by atoms with van der Waals surface area (Å²) in [5, 5.41) is 9.51. The number of benzene rings is 1. The van der Waals surface area contributed by atoms with E-state index in [9.17, 15) is 9.59 Å². The molecule has 1 aromatic carbocycles. The molecule has 1 aliphatic carbocycles. The first-order valence-electron chi connectivity index (χ1n) is 4.73. The highest BCUT2D eigenvalue weighted by atomic mass is 35.5. The van der Waals surface area contributed by atoms with Crippen molar-refractivity contribution in [2.24, 2.45) is 5.92 Å². The lowest BCUT2D eigenvalue weighted by molar-refractivity contribution is -0.137. The second-order valence-electron chi connectivity index (χ2n) is 3.78. The van der Waals surface area contributed by atoms with Gasteiger partial charge in [-0.3, -0.25) is 9.59 Å². The minimum atomic E-state index is -0.978. The molecule has 0 amide bonds. The number of ketones is 1. The van der Waals surface area contributed by atoms with Gasteiger partial charge in [0.05, 0.1) is 6.42 Å². The molecular formula is C11H8Cl2O3. The standard InChI is InChI=1S/C11H8Cl2O3/c12-6-3-8-7(9(13)4-6)1-5(11(8)16)2-10(14)15/h3-5H,1-2H2,(H,14,15). The molecule has 1 N–H and O–H groups in total. The molecule has 0 bridgehead atoms. The van der Waals surface area contributed by atoms with Crippen molar-refractivity contribution in [3.05, 3.63) is 33.3 Å². The van der Waals surface area contributed by atoms with Crippen LogP contribution in [-0.2, 0) is 11.2 Å². The van der Waals surface area contributed by atoms with E-state index in [0.717, 1.165) is 0 Å². The van der Waals surface area contributed by atoms with Gasteiger partial charge in [0.2, 0.25) is 0 Å². The molecule has 5 heteroatoms. The smallest absolute Gasteiger partial charge is 0.304 e. The van der Waals surface area contributed by atoms with Gasteiger partial charge >= 0.3 is 5.97 Å². The molecule has 3 nitrogen and oxygen atoms in total. The fourth-order valence-electron chi connectivity index (χ4n) is 1.97. The predicted octanol–water partition coefficient (Wildman–Crippen LogP) is 2.82. The van der Waals surface area contributed by atoms with Crippen molar-refractivity contribution in [3.63, 3.8) is 0 Å². The van der Waals surface area contributed by atoms with E-state index in [4.69, 9.17) is 28.3 Å². The molecule has 0 aliphatic heterocycles. The number of rotatable bonds is 2. The molecule has 0 radical (unpaired) electrons. The molecule has 16 heavy (non-hydrogen) atoms. The van der Waals surface area contributed by atoms with Gasteiger partial charge in [-0.2, -0.15) is 0 Å². The summed E-state index contributed by atoms with van der Waals surface area (Å²) in [5.41, 5.74) is 1.17. The molecule has 0 saturated heterocycles. The maximum atomic E-state index is 11.9. The Hall–Kier alpha value is -1.06. The summed E-state index contributed by atoms with van der Waals surface area (Å²) in [6.07, 6.45) is 0.220. The Morgan fingerprint density at radius 1 is 1.44 bits per heavy atom. The first-order valence-corrected chi connectivity index (χ1v) is 5.48. The number of carbonyl (C=O) groups excluding carboxylic acids is 1. The maximum Gasteiger partial charge on any atom is 0.304 e. The van der Waals surface area contributed by atoms with Crippen molar-refractivity contribution in [1.82, 2.24) is 0 Å². The summed E-state index contributed by atoms with van der Waals surface area (Å²) >= 11 is 11.8. The van der Waals surface area contributed by atoms with E-state index in [2.05, 4.69) is 0 Å². The fourth-order valence-corrected chi connectivity index (χ4v) is 2.54. The molecule has 84 valence electrons. The minimum absolute atomic E-state index is 0.165. The number of fused-ring (bicyclic) bond motifs is 1. The monoisotopic (exact) mass is 258 g/mol. The van der Waals surface area contributed by atoms with Crippen molar-refractivity contribution < 1.29 is 14.7 Å². The largest absolute Gasteiger partial charge is 0.481 e. The predicted molar refractivity (Wildman–Crippen MR) is 60.2 cm³/mol. The zero-order valence-electron chi connectivity index (χ0n) is 8.17. The number of carboxylic acids is 1. The van der Waals surface area contributed by atoms with E-state index >= 15 is 0 Å². The number of aliphatic carboxylic acids is 1. The van der Waals surface area contributed by atoms with Crippen LogP contribution in [0.25, 0.3) is 0 Å². The lowest BCUT2D eigenvalue weighted by Crippen LogP contribution is -2.13. The number of carbonyl (C=O) groups is 2. The van der Waals surface area contributed by atoms with Crippen LogP contribution in [0.15, 0.2) is 12.1 Å². The lowest BCUT2D eigenvalue weighted by Gasteiger charge is -2.02. The van der Waals surface area contributed by atoms with Crippen molar-refractivity contribution in [3.8, 4) is 0 Å².